The third-order valence-corrected chi connectivity index (χ3v) is 2.60. The van der Waals surface area contributed by atoms with Crippen LogP contribution in [-0.2, 0) is 0 Å². The van der Waals surface area contributed by atoms with E-state index >= 15 is 0 Å². The lowest BCUT2D eigenvalue weighted by Crippen LogP contribution is -1.77. The van der Waals surface area contributed by atoms with Crippen molar-refractivity contribution in [1.29, 1.82) is 0 Å². The maximum absolute atomic E-state index is 5.57. The Morgan fingerprint density at radius 1 is 1.11 bits per heavy atom. The molecule has 3 heteroatoms. The third kappa shape index (κ3) is 1.96. The first-order valence-electron chi connectivity index (χ1n) is 5.61. The lowest BCUT2D eigenvalue weighted by atomic mass is 10.2. The molecular formula is C15H10N2O. The van der Waals surface area contributed by atoms with Gasteiger partial charge in [0, 0.05) is 18.0 Å². The Balaban J connectivity index is 2.02. The highest BCUT2D eigenvalue weighted by molar-refractivity contribution is 5.76. The summed E-state index contributed by atoms with van der Waals surface area (Å²) in [5, 5.41) is 0. The molecule has 18 heavy (non-hydrogen) atoms. The number of benzene rings is 1. The van der Waals surface area contributed by atoms with E-state index in [4.69, 9.17) is 4.42 Å². The molecule has 0 bridgehead atoms. The van der Waals surface area contributed by atoms with Gasteiger partial charge >= 0.3 is 0 Å². The second kappa shape index (κ2) is 4.34. The standard InChI is InChI=1S/C15H10N2O/c1-11-4-2-6-13-15(11)17-14(18-13)8-7-12-5-3-9-16-10-12/h2-6,9-10H,1H3. The van der Waals surface area contributed by atoms with Crippen LogP contribution in [0.2, 0.25) is 0 Å². The van der Waals surface area contributed by atoms with Crippen LogP contribution in [0.1, 0.15) is 17.0 Å². The van der Waals surface area contributed by atoms with E-state index in [2.05, 4.69) is 21.8 Å². The largest absolute Gasteiger partial charge is 0.430 e. The third-order valence-electron chi connectivity index (χ3n) is 2.60. The highest BCUT2D eigenvalue weighted by Gasteiger charge is 2.04. The highest BCUT2D eigenvalue weighted by Crippen LogP contribution is 2.18. The molecule has 0 spiro atoms. The van der Waals surface area contributed by atoms with Crippen LogP contribution in [0, 0.1) is 18.8 Å². The number of aromatic nitrogens is 2. The number of rotatable bonds is 0. The molecule has 0 fully saturated rings. The summed E-state index contributed by atoms with van der Waals surface area (Å²) in [4.78, 5) is 8.37. The Hall–Kier alpha value is -2.60. The van der Waals surface area contributed by atoms with Crippen molar-refractivity contribution < 1.29 is 4.42 Å². The average Bonchev–Trinajstić information content (AvgIpc) is 2.82. The zero-order valence-electron chi connectivity index (χ0n) is 9.84. The predicted molar refractivity (Wildman–Crippen MR) is 69.0 cm³/mol. The van der Waals surface area contributed by atoms with Gasteiger partial charge in [-0.25, -0.2) is 4.98 Å². The van der Waals surface area contributed by atoms with Crippen molar-refractivity contribution in [3.63, 3.8) is 0 Å². The lowest BCUT2D eigenvalue weighted by Gasteiger charge is -1.88. The van der Waals surface area contributed by atoms with Crippen LogP contribution >= 0.6 is 0 Å². The van der Waals surface area contributed by atoms with Gasteiger partial charge in [0.25, 0.3) is 5.89 Å². The molecule has 0 aliphatic carbocycles. The second-order valence-corrected chi connectivity index (χ2v) is 3.93. The van der Waals surface area contributed by atoms with Gasteiger partial charge < -0.3 is 4.42 Å². The number of para-hydroxylation sites is 1. The number of nitrogens with zero attached hydrogens (tertiary/aromatic N) is 2. The Bertz CT molecular complexity index is 748. The molecule has 0 aliphatic rings. The monoisotopic (exact) mass is 234 g/mol. The number of oxazole rings is 1. The first kappa shape index (κ1) is 10.5. The van der Waals surface area contributed by atoms with Crippen molar-refractivity contribution in [2.45, 2.75) is 6.92 Å². The maximum Gasteiger partial charge on any atom is 0.274 e. The van der Waals surface area contributed by atoms with Gasteiger partial charge in [-0.1, -0.05) is 18.1 Å². The summed E-state index contributed by atoms with van der Waals surface area (Å²) in [6.45, 7) is 2.00. The van der Waals surface area contributed by atoms with Crippen LogP contribution in [0.4, 0.5) is 0 Å². The molecule has 0 saturated carbocycles. The van der Waals surface area contributed by atoms with Crippen LogP contribution in [0.3, 0.4) is 0 Å². The number of fused-ring (bicyclic) bond motifs is 1. The maximum atomic E-state index is 5.57. The van der Waals surface area contributed by atoms with Gasteiger partial charge in [-0.3, -0.25) is 4.98 Å². The molecule has 2 heterocycles. The summed E-state index contributed by atoms with van der Waals surface area (Å²) in [6.07, 6.45) is 3.43. The van der Waals surface area contributed by atoms with Crippen LogP contribution in [-0.4, -0.2) is 9.97 Å². The smallest absolute Gasteiger partial charge is 0.274 e. The molecule has 0 saturated heterocycles. The van der Waals surface area contributed by atoms with E-state index in [9.17, 15) is 0 Å². The van der Waals surface area contributed by atoms with E-state index in [0.717, 1.165) is 22.2 Å². The Morgan fingerprint density at radius 2 is 2.06 bits per heavy atom. The second-order valence-electron chi connectivity index (χ2n) is 3.93. The molecule has 2 aromatic heterocycles. The molecule has 3 nitrogen and oxygen atoms in total. The predicted octanol–water partition coefficient (Wildman–Crippen LogP) is 2.93. The molecule has 0 unspecified atom stereocenters. The molecule has 0 atom stereocenters. The Labute approximate surface area is 104 Å². The van der Waals surface area contributed by atoms with Gasteiger partial charge in [0.05, 0.1) is 0 Å². The summed E-state index contributed by atoms with van der Waals surface area (Å²) in [6, 6.07) is 9.59. The minimum atomic E-state index is 0.433. The van der Waals surface area contributed by atoms with Crippen LogP contribution in [0.15, 0.2) is 47.1 Å². The van der Waals surface area contributed by atoms with Crippen molar-refractivity contribution in [1.82, 2.24) is 9.97 Å². The zero-order valence-corrected chi connectivity index (χ0v) is 9.84. The topological polar surface area (TPSA) is 38.9 Å². The lowest BCUT2D eigenvalue weighted by molar-refractivity contribution is 0.586. The van der Waals surface area contributed by atoms with Crippen LogP contribution in [0.25, 0.3) is 11.1 Å². The zero-order chi connectivity index (χ0) is 12.4. The Kier molecular flexibility index (Phi) is 2.54. The molecule has 0 radical (unpaired) electrons. The minimum absolute atomic E-state index is 0.433. The molecule has 0 amide bonds. The van der Waals surface area contributed by atoms with Gasteiger partial charge in [0.15, 0.2) is 5.58 Å². The molecule has 3 rings (SSSR count). The fourth-order valence-corrected chi connectivity index (χ4v) is 1.70. The minimum Gasteiger partial charge on any atom is -0.430 e. The van der Waals surface area contributed by atoms with Crippen LogP contribution in [0.5, 0.6) is 0 Å². The van der Waals surface area contributed by atoms with Crippen molar-refractivity contribution in [3.8, 4) is 11.8 Å². The normalized spacial score (nSPS) is 10.1. The van der Waals surface area contributed by atoms with E-state index in [1.165, 1.54) is 0 Å². The van der Waals surface area contributed by atoms with Gasteiger partial charge in [-0.15, -0.1) is 0 Å². The molecule has 0 aliphatic heterocycles. The average molecular weight is 234 g/mol. The highest BCUT2D eigenvalue weighted by atomic mass is 16.3. The number of aryl methyl sites for hydroxylation is 1. The fraction of sp³-hybridized carbons (Fsp3) is 0.0667. The van der Waals surface area contributed by atoms with Crippen LogP contribution < -0.4 is 0 Å². The SMILES string of the molecule is Cc1cccc2oc(C#Cc3cccnc3)nc12. The molecule has 3 aromatic rings. The summed E-state index contributed by atoms with van der Waals surface area (Å²) in [5.41, 5.74) is 3.57. The fourth-order valence-electron chi connectivity index (χ4n) is 1.70. The number of hydrogen-bond donors (Lipinski definition) is 0. The van der Waals surface area contributed by atoms with E-state index in [1.54, 1.807) is 12.4 Å². The summed E-state index contributed by atoms with van der Waals surface area (Å²) >= 11 is 0. The van der Waals surface area contributed by atoms with Crippen molar-refractivity contribution in [2.24, 2.45) is 0 Å². The quantitative estimate of drug-likeness (QED) is 0.561. The van der Waals surface area contributed by atoms with E-state index in [0.29, 0.717) is 5.89 Å². The van der Waals surface area contributed by atoms with Gasteiger partial charge in [-0.05, 0) is 36.6 Å². The van der Waals surface area contributed by atoms with Gasteiger partial charge in [0.2, 0.25) is 0 Å². The molecule has 0 N–H and O–H groups in total. The van der Waals surface area contributed by atoms with E-state index in [-0.39, 0.29) is 0 Å². The molecule has 86 valence electrons. The first-order valence-corrected chi connectivity index (χ1v) is 5.61. The molecular weight excluding hydrogens is 224 g/mol. The van der Waals surface area contributed by atoms with Crippen molar-refractivity contribution in [2.75, 3.05) is 0 Å². The summed E-state index contributed by atoms with van der Waals surface area (Å²) in [7, 11) is 0. The Morgan fingerprint density at radius 3 is 2.83 bits per heavy atom. The molecule has 1 aromatic carbocycles. The van der Waals surface area contributed by atoms with Gasteiger partial charge in [0.1, 0.15) is 5.52 Å². The summed E-state index contributed by atoms with van der Waals surface area (Å²) < 4.78 is 5.57. The number of hydrogen-bond acceptors (Lipinski definition) is 3. The van der Waals surface area contributed by atoms with Crippen molar-refractivity contribution in [3.05, 3.63) is 59.7 Å². The van der Waals surface area contributed by atoms with E-state index in [1.807, 2.05) is 37.3 Å². The van der Waals surface area contributed by atoms with Crippen molar-refractivity contribution >= 4 is 11.1 Å². The van der Waals surface area contributed by atoms with E-state index < -0.39 is 0 Å². The first-order chi connectivity index (χ1) is 8.83. The summed E-state index contributed by atoms with van der Waals surface area (Å²) in [5.74, 6) is 6.32. The number of pyridine rings is 1. The van der Waals surface area contributed by atoms with Gasteiger partial charge in [-0.2, -0.15) is 0 Å².